The lowest BCUT2D eigenvalue weighted by atomic mass is 9.98. The van der Waals surface area contributed by atoms with Gasteiger partial charge in [0.1, 0.15) is 5.60 Å². The maximum atomic E-state index is 12.2. The number of amides is 1. The molecule has 1 aromatic rings. The van der Waals surface area contributed by atoms with Crippen molar-refractivity contribution in [2.75, 3.05) is 13.1 Å². The van der Waals surface area contributed by atoms with Gasteiger partial charge in [0, 0.05) is 19.3 Å². The average molecular weight is 263 g/mol. The van der Waals surface area contributed by atoms with Crippen LogP contribution in [0.15, 0.2) is 18.3 Å². The molecule has 2 heterocycles. The fourth-order valence-electron chi connectivity index (χ4n) is 2.28. The maximum absolute atomic E-state index is 12.2. The highest BCUT2D eigenvalue weighted by Gasteiger charge is 2.33. The van der Waals surface area contributed by atoms with Crippen molar-refractivity contribution in [2.45, 2.75) is 38.8 Å². The minimum atomic E-state index is -0.499. The Hall–Kier alpha value is -1.62. The number of pyridine rings is 1. The lowest BCUT2D eigenvalue weighted by Gasteiger charge is -2.36. The fraction of sp³-hybridized carbons (Fsp3) is 0.571. The maximum Gasteiger partial charge on any atom is 0.410 e. The van der Waals surface area contributed by atoms with Crippen molar-refractivity contribution in [2.24, 2.45) is 5.73 Å². The van der Waals surface area contributed by atoms with Crippen molar-refractivity contribution in [1.82, 2.24) is 9.88 Å². The second kappa shape index (κ2) is 5.17. The van der Waals surface area contributed by atoms with E-state index in [0.717, 1.165) is 17.7 Å². The minimum Gasteiger partial charge on any atom is -0.444 e. The summed E-state index contributed by atoms with van der Waals surface area (Å²) in [6.45, 7) is 6.55. The topological polar surface area (TPSA) is 68.5 Å². The Bertz CT molecular complexity index is 468. The first kappa shape index (κ1) is 13.8. The van der Waals surface area contributed by atoms with Crippen LogP contribution in [-0.4, -0.2) is 34.7 Å². The molecule has 1 atom stereocenters. The summed E-state index contributed by atoms with van der Waals surface area (Å²) in [6, 6.07) is 3.76. The van der Waals surface area contributed by atoms with Crippen LogP contribution in [0.3, 0.4) is 0 Å². The molecule has 1 aliphatic heterocycles. The van der Waals surface area contributed by atoms with Gasteiger partial charge in [0.25, 0.3) is 0 Å². The minimum absolute atomic E-state index is 0.195. The summed E-state index contributed by atoms with van der Waals surface area (Å²) >= 11 is 0. The third-order valence-corrected chi connectivity index (χ3v) is 3.09. The highest BCUT2D eigenvalue weighted by molar-refractivity contribution is 5.69. The predicted octanol–water partition coefficient (Wildman–Crippen LogP) is 1.87. The molecule has 19 heavy (non-hydrogen) atoms. The van der Waals surface area contributed by atoms with Crippen LogP contribution < -0.4 is 5.73 Å². The summed E-state index contributed by atoms with van der Waals surface area (Å²) in [5.41, 5.74) is 7.38. The highest BCUT2D eigenvalue weighted by atomic mass is 16.6. The van der Waals surface area contributed by atoms with Gasteiger partial charge in [0.15, 0.2) is 0 Å². The average Bonchev–Trinajstić information content (AvgIpc) is 2.35. The van der Waals surface area contributed by atoms with Crippen LogP contribution in [0.25, 0.3) is 0 Å². The van der Waals surface area contributed by atoms with Gasteiger partial charge in [0.05, 0.1) is 11.7 Å². The molecule has 2 N–H and O–H groups in total. The standard InChI is InChI=1S/C14H21N3O2/c1-14(2,3)19-13(18)17-8-6-10-5-4-7-16-12(10)11(17)9-15/h4-5,7,11H,6,8-9,15H2,1-3H3. The quantitative estimate of drug-likeness (QED) is 0.840. The Balaban J connectivity index is 2.22. The summed E-state index contributed by atoms with van der Waals surface area (Å²) in [5, 5.41) is 0. The van der Waals surface area contributed by atoms with Crippen molar-refractivity contribution >= 4 is 6.09 Å². The lowest BCUT2D eigenvalue weighted by Crippen LogP contribution is -2.45. The predicted molar refractivity (Wildman–Crippen MR) is 72.7 cm³/mol. The number of carbonyl (C=O) groups is 1. The summed E-state index contributed by atoms with van der Waals surface area (Å²) in [5.74, 6) is 0. The number of nitrogens with two attached hydrogens (primary N) is 1. The molecule has 1 aliphatic rings. The van der Waals surface area contributed by atoms with E-state index in [4.69, 9.17) is 10.5 Å². The number of ether oxygens (including phenoxy) is 1. The summed E-state index contributed by atoms with van der Waals surface area (Å²) in [4.78, 5) is 18.3. The number of aromatic nitrogens is 1. The Morgan fingerprint density at radius 1 is 1.58 bits per heavy atom. The first-order chi connectivity index (χ1) is 8.92. The zero-order chi connectivity index (χ0) is 14.0. The van der Waals surface area contributed by atoms with E-state index in [0.29, 0.717) is 13.1 Å². The van der Waals surface area contributed by atoms with E-state index in [1.165, 1.54) is 0 Å². The summed E-state index contributed by atoms with van der Waals surface area (Å²) in [6.07, 6.45) is 2.21. The lowest BCUT2D eigenvalue weighted by molar-refractivity contribution is 0.0145. The molecule has 0 aliphatic carbocycles. The van der Waals surface area contributed by atoms with Crippen molar-refractivity contribution in [3.05, 3.63) is 29.6 Å². The van der Waals surface area contributed by atoms with Crippen LogP contribution in [-0.2, 0) is 11.2 Å². The molecule has 0 bridgehead atoms. The molecule has 0 saturated heterocycles. The summed E-state index contributed by atoms with van der Waals surface area (Å²) in [7, 11) is 0. The van der Waals surface area contributed by atoms with Crippen LogP contribution >= 0.6 is 0 Å². The van der Waals surface area contributed by atoms with Crippen LogP contribution in [0.5, 0.6) is 0 Å². The van der Waals surface area contributed by atoms with Crippen LogP contribution in [0.2, 0.25) is 0 Å². The molecule has 0 spiro atoms. The molecule has 0 saturated carbocycles. The second-order valence-corrected chi connectivity index (χ2v) is 5.72. The van der Waals surface area contributed by atoms with E-state index < -0.39 is 5.60 Å². The number of hydrogen-bond donors (Lipinski definition) is 1. The number of nitrogens with zero attached hydrogens (tertiary/aromatic N) is 2. The fourth-order valence-corrected chi connectivity index (χ4v) is 2.28. The Morgan fingerprint density at radius 2 is 2.32 bits per heavy atom. The zero-order valence-corrected chi connectivity index (χ0v) is 11.7. The first-order valence-electron chi connectivity index (χ1n) is 6.56. The van der Waals surface area contributed by atoms with Gasteiger partial charge in [-0.15, -0.1) is 0 Å². The van der Waals surface area contributed by atoms with Gasteiger partial charge in [-0.2, -0.15) is 0 Å². The number of hydrogen-bond acceptors (Lipinski definition) is 4. The molecule has 0 fully saturated rings. The number of carbonyl (C=O) groups excluding carboxylic acids is 1. The van der Waals surface area contributed by atoms with Crippen LogP contribution in [0.4, 0.5) is 4.79 Å². The molecule has 5 heteroatoms. The Labute approximate surface area is 113 Å². The summed E-state index contributed by atoms with van der Waals surface area (Å²) < 4.78 is 5.43. The molecule has 5 nitrogen and oxygen atoms in total. The molecular formula is C14H21N3O2. The number of fused-ring (bicyclic) bond motifs is 1. The number of rotatable bonds is 1. The van der Waals surface area contributed by atoms with E-state index in [1.807, 2.05) is 32.9 Å². The van der Waals surface area contributed by atoms with Crippen molar-refractivity contribution in [1.29, 1.82) is 0 Å². The smallest absolute Gasteiger partial charge is 0.410 e. The van der Waals surface area contributed by atoms with Crippen LogP contribution in [0, 0.1) is 0 Å². The molecule has 1 unspecified atom stereocenters. The third-order valence-electron chi connectivity index (χ3n) is 3.09. The van der Waals surface area contributed by atoms with Gasteiger partial charge in [-0.1, -0.05) is 6.07 Å². The van der Waals surface area contributed by atoms with Gasteiger partial charge in [-0.25, -0.2) is 4.79 Å². The van der Waals surface area contributed by atoms with Crippen LogP contribution in [0.1, 0.15) is 38.1 Å². The van der Waals surface area contributed by atoms with Crippen molar-refractivity contribution in [3.63, 3.8) is 0 Å². The zero-order valence-electron chi connectivity index (χ0n) is 11.7. The van der Waals surface area contributed by atoms with Crippen molar-refractivity contribution < 1.29 is 9.53 Å². The van der Waals surface area contributed by atoms with E-state index >= 15 is 0 Å². The third kappa shape index (κ3) is 3.04. The van der Waals surface area contributed by atoms with E-state index in [9.17, 15) is 4.79 Å². The van der Waals surface area contributed by atoms with Gasteiger partial charge < -0.3 is 10.5 Å². The van der Waals surface area contributed by atoms with Gasteiger partial charge in [-0.3, -0.25) is 9.88 Å². The van der Waals surface area contributed by atoms with Gasteiger partial charge in [0.2, 0.25) is 0 Å². The second-order valence-electron chi connectivity index (χ2n) is 5.72. The Kier molecular flexibility index (Phi) is 3.75. The molecule has 1 aromatic heterocycles. The van der Waals surface area contributed by atoms with E-state index in [-0.39, 0.29) is 12.1 Å². The van der Waals surface area contributed by atoms with Gasteiger partial charge in [-0.05, 0) is 38.8 Å². The van der Waals surface area contributed by atoms with Crippen molar-refractivity contribution in [3.8, 4) is 0 Å². The molecule has 0 radical (unpaired) electrons. The molecule has 1 amide bonds. The first-order valence-corrected chi connectivity index (χ1v) is 6.56. The molecule has 2 rings (SSSR count). The largest absolute Gasteiger partial charge is 0.444 e. The normalized spacial score (nSPS) is 18.9. The highest BCUT2D eigenvalue weighted by Crippen LogP contribution is 2.28. The SMILES string of the molecule is CC(C)(C)OC(=O)N1CCc2cccnc2C1CN. The van der Waals surface area contributed by atoms with E-state index in [2.05, 4.69) is 4.98 Å². The van der Waals surface area contributed by atoms with Gasteiger partial charge >= 0.3 is 6.09 Å². The molecule has 104 valence electrons. The van der Waals surface area contributed by atoms with E-state index in [1.54, 1.807) is 11.1 Å². The Morgan fingerprint density at radius 3 is 2.95 bits per heavy atom. The molecule has 0 aromatic carbocycles. The molecular weight excluding hydrogens is 242 g/mol. The monoisotopic (exact) mass is 263 g/mol.